The molecule has 1 spiro atoms. The van der Waals surface area contributed by atoms with Crippen LogP contribution >= 0.6 is 0 Å². The van der Waals surface area contributed by atoms with Gasteiger partial charge >= 0.3 is 5.97 Å². The summed E-state index contributed by atoms with van der Waals surface area (Å²) in [5.74, 6) is -0.524. The van der Waals surface area contributed by atoms with Crippen LogP contribution in [0.4, 0.5) is 0 Å². The Hall–Kier alpha value is -2.04. The molecule has 1 heterocycles. The number of ketones is 1. The van der Waals surface area contributed by atoms with E-state index in [0.29, 0.717) is 29.9 Å². The molecule has 0 saturated heterocycles. The molecule has 0 bridgehead atoms. The summed E-state index contributed by atoms with van der Waals surface area (Å²) in [7, 11) is 1.61. The fraction of sp³-hybridized carbons (Fsp3) is 0.619. The highest BCUT2D eigenvalue weighted by Gasteiger charge is 2.46. The number of hydrogen-bond acceptors (Lipinski definition) is 4. The van der Waals surface area contributed by atoms with Crippen LogP contribution in [0.1, 0.15) is 67.3 Å². The highest BCUT2D eigenvalue weighted by atomic mass is 16.5. The van der Waals surface area contributed by atoms with Crippen molar-refractivity contribution in [2.24, 2.45) is 11.8 Å². The van der Waals surface area contributed by atoms with Gasteiger partial charge in [-0.25, -0.2) is 0 Å². The molecule has 2 unspecified atom stereocenters. The van der Waals surface area contributed by atoms with Crippen LogP contribution in [-0.2, 0) is 11.2 Å². The number of hydrogen-bond donors (Lipinski definition) is 1. The minimum absolute atomic E-state index is 0.0327. The SMILES string of the molecule is COc1ccc(C(=O)C2CCCCC2C(=O)O)c2c1OC1(CCCC1)C2. The smallest absolute Gasteiger partial charge is 0.307 e. The zero-order valence-electron chi connectivity index (χ0n) is 15.3. The summed E-state index contributed by atoms with van der Waals surface area (Å²) in [5.41, 5.74) is 1.36. The number of benzene rings is 1. The Kier molecular flexibility index (Phi) is 4.41. The van der Waals surface area contributed by atoms with Gasteiger partial charge < -0.3 is 14.6 Å². The van der Waals surface area contributed by atoms with E-state index in [1.807, 2.05) is 6.07 Å². The minimum Gasteiger partial charge on any atom is -0.493 e. The van der Waals surface area contributed by atoms with E-state index < -0.39 is 17.8 Å². The summed E-state index contributed by atoms with van der Waals surface area (Å²) in [6.45, 7) is 0. The summed E-state index contributed by atoms with van der Waals surface area (Å²) >= 11 is 0. The fourth-order valence-electron chi connectivity index (χ4n) is 5.10. The highest BCUT2D eigenvalue weighted by molar-refractivity contribution is 6.02. The van der Waals surface area contributed by atoms with Crippen LogP contribution in [0, 0.1) is 11.8 Å². The number of methoxy groups -OCH3 is 1. The monoisotopic (exact) mass is 358 g/mol. The Morgan fingerprint density at radius 3 is 2.46 bits per heavy atom. The van der Waals surface area contributed by atoms with Gasteiger partial charge in [-0.15, -0.1) is 0 Å². The van der Waals surface area contributed by atoms with Crippen LogP contribution in [0.3, 0.4) is 0 Å². The molecule has 2 saturated carbocycles. The number of rotatable bonds is 4. The maximum absolute atomic E-state index is 13.3. The van der Waals surface area contributed by atoms with Gasteiger partial charge in [0.05, 0.1) is 13.0 Å². The third-order valence-electron chi connectivity index (χ3n) is 6.46. The van der Waals surface area contributed by atoms with Gasteiger partial charge in [-0.3, -0.25) is 9.59 Å². The lowest BCUT2D eigenvalue weighted by atomic mass is 9.74. The molecule has 0 amide bonds. The lowest BCUT2D eigenvalue weighted by Gasteiger charge is -2.28. The number of carboxylic acid groups (broad SMARTS) is 1. The zero-order chi connectivity index (χ0) is 18.3. The predicted octanol–water partition coefficient (Wildman–Crippen LogP) is 4.02. The molecule has 1 aliphatic heterocycles. The molecule has 0 radical (unpaired) electrons. The van der Waals surface area contributed by atoms with Gasteiger partial charge in [0, 0.05) is 23.5 Å². The molecule has 3 aliphatic rings. The molecule has 1 aromatic carbocycles. The minimum atomic E-state index is -0.850. The first-order chi connectivity index (χ1) is 12.5. The summed E-state index contributed by atoms with van der Waals surface area (Å²) < 4.78 is 11.8. The summed E-state index contributed by atoms with van der Waals surface area (Å²) in [4.78, 5) is 25.0. The van der Waals surface area contributed by atoms with E-state index in [1.165, 1.54) is 0 Å². The average molecular weight is 358 g/mol. The first-order valence-corrected chi connectivity index (χ1v) is 9.70. The van der Waals surface area contributed by atoms with E-state index >= 15 is 0 Å². The van der Waals surface area contributed by atoms with Crippen molar-refractivity contribution >= 4 is 11.8 Å². The molecule has 2 fully saturated rings. The standard InChI is InChI=1S/C21H26O5/c1-25-17-9-8-14(16-12-21(26-19(16)17)10-4-5-11-21)18(22)13-6-2-3-7-15(13)20(23)24/h8-9,13,15H,2-7,10-12H2,1H3,(H,23,24). The normalized spacial score (nSPS) is 26.3. The second-order valence-corrected chi connectivity index (χ2v) is 7.99. The number of Topliss-reactive ketones (excluding diaryl/α,β-unsaturated/α-hetero) is 1. The molecule has 2 atom stereocenters. The second-order valence-electron chi connectivity index (χ2n) is 7.99. The Labute approximate surface area is 153 Å². The topological polar surface area (TPSA) is 72.8 Å². The average Bonchev–Trinajstić information content (AvgIpc) is 3.26. The Morgan fingerprint density at radius 1 is 1.12 bits per heavy atom. The van der Waals surface area contributed by atoms with Crippen LogP contribution < -0.4 is 9.47 Å². The molecular weight excluding hydrogens is 332 g/mol. The number of fused-ring (bicyclic) bond motifs is 1. The summed E-state index contributed by atoms with van der Waals surface area (Å²) in [6.07, 6.45) is 8.05. The molecule has 5 heteroatoms. The maximum Gasteiger partial charge on any atom is 0.307 e. The molecule has 26 heavy (non-hydrogen) atoms. The number of ether oxygens (including phenoxy) is 2. The summed E-state index contributed by atoms with van der Waals surface area (Å²) in [6, 6.07) is 3.60. The van der Waals surface area contributed by atoms with Gasteiger partial charge in [0.2, 0.25) is 0 Å². The van der Waals surface area contributed by atoms with Crippen LogP contribution in [0.25, 0.3) is 0 Å². The van der Waals surface area contributed by atoms with Crippen molar-refractivity contribution in [3.05, 3.63) is 23.3 Å². The Morgan fingerprint density at radius 2 is 1.81 bits per heavy atom. The number of carbonyl (C=O) groups is 2. The van der Waals surface area contributed by atoms with Crippen molar-refractivity contribution in [1.29, 1.82) is 0 Å². The lowest BCUT2D eigenvalue weighted by Crippen LogP contribution is -2.33. The third kappa shape index (κ3) is 2.78. The lowest BCUT2D eigenvalue weighted by molar-refractivity contribution is -0.144. The first kappa shape index (κ1) is 17.4. The fourth-order valence-corrected chi connectivity index (χ4v) is 5.10. The van der Waals surface area contributed by atoms with Gasteiger partial charge in [0.25, 0.3) is 0 Å². The molecular formula is C21H26O5. The molecule has 0 aromatic heterocycles. The number of carbonyl (C=O) groups excluding carboxylic acids is 1. The largest absolute Gasteiger partial charge is 0.493 e. The summed E-state index contributed by atoms with van der Waals surface area (Å²) in [5, 5.41) is 9.55. The number of aliphatic carboxylic acids is 1. The highest BCUT2D eigenvalue weighted by Crippen LogP contribution is 2.50. The van der Waals surface area contributed by atoms with Gasteiger partial charge in [0.15, 0.2) is 17.3 Å². The van der Waals surface area contributed by atoms with Crippen LogP contribution in [-0.4, -0.2) is 29.6 Å². The quantitative estimate of drug-likeness (QED) is 0.823. The van der Waals surface area contributed by atoms with Gasteiger partial charge in [-0.2, -0.15) is 0 Å². The van der Waals surface area contributed by atoms with Crippen molar-refractivity contribution in [3.8, 4) is 11.5 Å². The Balaban J connectivity index is 1.71. The van der Waals surface area contributed by atoms with Crippen molar-refractivity contribution < 1.29 is 24.2 Å². The van der Waals surface area contributed by atoms with E-state index in [-0.39, 0.29) is 11.4 Å². The van der Waals surface area contributed by atoms with Gasteiger partial charge in [-0.1, -0.05) is 12.8 Å². The third-order valence-corrected chi connectivity index (χ3v) is 6.46. The molecule has 1 aromatic rings. The van der Waals surface area contributed by atoms with Crippen LogP contribution in [0.2, 0.25) is 0 Å². The Bertz CT molecular complexity index is 732. The van der Waals surface area contributed by atoms with E-state index in [4.69, 9.17) is 9.47 Å². The molecule has 4 rings (SSSR count). The van der Waals surface area contributed by atoms with E-state index in [9.17, 15) is 14.7 Å². The maximum atomic E-state index is 13.3. The van der Waals surface area contributed by atoms with E-state index in [1.54, 1.807) is 13.2 Å². The molecule has 140 valence electrons. The van der Waals surface area contributed by atoms with Crippen molar-refractivity contribution in [2.75, 3.05) is 7.11 Å². The molecule has 5 nitrogen and oxygen atoms in total. The predicted molar refractivity (Wildman–Crippen MR) is 95.9 cm³/mol. The second kappa shape index (κ2) is 6.60. The van der Waals surface area contributed by atoms with Gasteiger partial charge in [0.1, 0.15) is 5.60 Å². The van der Waals surface area contributed by atoms with Crippen molar-refractivity contribution in [1.82, 2.24) is 0 Å². The first-order valence-electron chi connectivity index (χ1n) is 9.70. The zero-order valence-corrected chi connectivity index (χ0v) is 15.3. The van der Waals surface area contributed by atoms with E-state index in [0.717, 1.165) is 50.5 Å². The molecule has 1 N–H and O–H groups in total. The van der Waals surface area contributed by atoms with Crippen LogP contribution in [0.5, 0.6) is 11.5 Å². The van der Waals surface area contributed by atoms with Gasteiger partial charge in [-0.05, 0) is 50.7 Å². The number of carboxylic acids is 1. The van der Waals surface area contributed by atoms with Crippen molar-refractivity contribution in [2.45, 2.75) is 63.4 Å². The van der Waals surface area contributed by atoms with E-state index in [2.05, 4.69) is 0 Å². The van der Waals surface area contributed by atoms with Crippen LogP contribution in [0.15, 0.2) is 12.1 Å². The molecule has 2 aliphatic carbocycles. The van der Waals surface area contributed by atoms with Crippen molar-refractivity contribution in [3.63, 3.8) is 0 Å².